The molecule has 4 rings (SSSR count). The van der Waals surface area contributed by atoms with Crippen LogP contribution < -0.4 is 27.0 Å². The van der Waals surface area contributed by atoms with E-state index in [1.54, 1.807) is 63.4 Å². The Kier molecular flexibility index (Phi) is 17.0. The highest BCUT2D eigenvalue weighted by molar-refractivity contribution is 7.10. The molecular formula is C43H53N7O9S. The molecule has 2 aromatic heterocycles. The van der Waals surface area contributed by atoms with Crippen molar-refractivity contribution in [3.63, 3.8) is 0 Å². The van der Waals surface area contributed by atoms with Gasteiger partial charge in [-0.3, -0.25) is 28.8 Å². The van der Waals surface area contributed by atoms with Crippen LogP contribution in [0.3, 0.4) is 0 Å². The third-order valence-electron chi connectivity index (χ3n) is 9.31. The lowest BCUT2D eigenvalue weighted by Crippen LogP contribution is -2.59. The monoisotopic (exact) mass is 843 g/mol. The second kappa shape index (κ2) is 22.0. The number of carboxylic acids is 1. The minimum absolute atomic E-state index is 0.00467. The van der Waals surface area contributed by atoms with Crippen LogP contribution in [-0.2, 0) is 46.3 Å². The molecule has 2 aromatic carbocycles. The van der Waals surface area contributed by atoms with Crippen LogP contribution in [0.5, 0.6) is 0 Å². The fourth-order valence-corrected chi connectivity index (χ4v) is 6.94. The van der Waals surface area contributed by atoms with Crippen LogP contribution in [0.4, 0.5) is 4.79 Å². The second-order valence-electron chi connectivity index (χ2n) is 15.2. The quantitative estimate of drug-likeness (QED) is 0.0478. The van der Waals surface area contributed by atoms with Crippen LogP contribution in [0.15, 0.2) is 84.4 Å². The van der Waals surface area contributed by atoms with E-state index in [-0.39, 0.29) is 38.1 Å². The third-order valence-corrected chi connectivity index (χ3v) is 10.1. The van der Waals surface area contributed by atoms with Crippen molar-refractivity contribution in [3.05, 3.63) is 100 Å². The molecule has 0 aliphatic heterocycles. The van der Waals surface area contributed by atoms with E-state index in [9.17, 15) is 38.7 Å². The fraction of sp³-hybridized carbons (Fsp3) is 0.372. The number of hydrogen-bond acceptors (Lipinski definition) is 9. The number of ether oxygens (including phenoxy) is 1. The van der Waals surface area contributed by atoms with E-state index >= 15 is 0 Å². The Morgan fingerprint density at radius 1 is 0.867 bits per heavy atom. The first-order valence-corrected chi connectivity index (χ1v) is 20.3. The Morgan fingerprint density at radius 3 is 2.22 bits per heavy atom. The van der Waals surface area contributed by atoms with E-state index in [0.29, 0.717) is 17.5 Å². The number of carbonyl (C=O) groups excluding carboxylic acids is 6. The first-order chi connectivity index (χ1) is 28.5. The molecule has 1 unspecified atom stereocenters. The van der Waals surface area contributed by atoms with Crippen molar-refractivity contribution in [2.75, 3.05) is 13.6 Å². The molecule has 0 saturated heterocycles. The number of rotatable bonds is 21. The van der Waals surface area contributed by atoms with Crippen molar-refractivity contribution >= 4 is 69.9 Å². The number of carboxylic acid groups (broad SMARTS) is 1. The molecule has 16 nitrogen and oxygen atoms in total. The number of alkyl carbamates (subject to hydrolysis) is 1. The average Bonchev–Trinajstić information content (AvgIpc) is 3.87. The molecular weight excluding hydrogens is 791 g/mol. The number of carbonyl (C=O) groups is 7. The summed E-state index contributed by atoms with van der Waals surface area (Å²) in [6.07, 6.45) is 3.79. The van der Waals surface area contributed by atoms with Crippen LogP contribution in [0.2, 0.25) is 0 Å². The number of unbranched alkanes of at least 4 members (excludes halogenated alkanes) is 1. The Morgan fingerprint density at radius 2 is 1.55 bits per heavy atom. The Labute approximate surface area is 352 Å². The van der Waals surface area contributed by atoms with Gasteiger partial charge >= 0.3 is 12.1 Å². The number of primary amides is 1. The first-order valence-electron chi connectivity index (χ1n) is 19.5. The maximum Gasteiger partial charge on any atom is 0.408 e. The summed E-state index contributed by atoms with van der Waals surface area (Å²) in [6.45, 7) is 5.25. The zero-order valence-electron chi connectivity index (χ0n) is 34.1. The topological polar surface area (TPSA) is 242 Å². The maximum absolute atomic E-state index is 14.2. The molecule has 0 spiro atoms. The standard InChI is InChI=1S/C43H53N7O9S/c1-43(2,3)59-42(58)49-33(24-28-26-46-31-17-9-8-16-30(28)31)40(56)47-32(18-10-11-21-45-36(51)20-19-29-15-12-22-60-29)39(55)48-34(25-37(52)53)41(57)50(4)35(38(44)54)23-27-13-6-5-7-14-27/h5-9,12-17,19-20,22,26,32-35,46H,10-11,18,21,23-25H2,1-4H3,(H2,44,54)(H,45,51)(H,47,56)(H,48,55)(H,49,58)(H,52,53)/b20-19+/t32-,33?,34-,35-/m0/s1. The summed E-state index contributed by atoms with van der Waals surface area (Å²) >= 11 is 1.48. The number of H-pyrrole nitrogens is 1. The van der Waals surface area contributed by atoms with Crippen LogP contribution >= 0.6 is 11.3 Å². The number of nitrogens with two attached hydrogens (primary N) is 1. The van der Waals surface area contributed by atoms with Gasteiger partial charge in [0.1, 0.15) is 29.8 Å². The molecule has 8 N–H and O–H groups in total. The Bertz CT molecular complexity index is 2130. The molecule has 2 heterocycles. The van der Waals surface area contributed by atoms with Gasteiger partial charge in [-0.1, -0.05) is 54.6 Å². The van der Waals surface area contributed by atoms with Crippen molar-refractivity contribution in [1.29, 1.82) is 0 Å². The van der Waals surface area contributed by atoms with E-state index in [1.807, 2.05) is 41.8 Å². The van der Waals surface area contributed by atoms with Gasteiger partial charge in [0.2, 0.25) is 29.5 Å². The zero-order chi connectivity index (χ0) is 43.8. The molecule has 4 atom stereocenters. The summed E-state index contributed by atoms with van der Waals surface area (Å²) in [5, 5.41) is 23.1. The van der Waals surface area contributed by atoms with Gasteiger partial charge in [-0.25, -0.2) is 4.79 Å². The summed E-state index contributed by atoms with van der Waals surface area (Å²) < 4.78 is 5.45. The van der Waals surface area contributed by atoms with E-state index in [0.717, 1.165) is 20.7 Å². The molecule has 0 aliphatic carbocycles. The largest absolute Gasteiger partial charge is 0.481 e. The van der Waals surface area contributed by atoms with Gasteiger partial charge in [-0.05, 0) is 74.7 Å². The number of benzene rings is 2. The van der Waals surface area contributed by atoms with Gasteiger partial charge in [0.05, 0.1) is 6.42 Å². The molecule has 0 saturated carbocycles. The number of likely N-dealkylation sites (N-methyl/N-ethyl adjacent to an activating group) is 1. The van der Waals surface area contributed by atoms with E-state index < -0.39 is 71.9 Å². The average molecular weight is 844 g/mol. The lowest BCUT2D eigenvalue weighted by atomic mass is 10.0. The summed E-state index contributed by atoms with van der Waals surface area (Å²) in [5.41, 5.74) is 6.99. The SMILES string of the molecule is CN(C(=O)[C@H](CC(=O)O)NC(=O)[C@H](CCCCNC(=O)/C=C/c1cccs1)NC(=O)C(Cc1c[nH]c2ccccc12)NC(=O)OC(C)(C)C)[C@@H](Cc1ccccc1)C(N)=O. The summed E-state index contributed by atoms with van der Waals surface area (Å²) in [4.78, 5) is 97.2. The van der Waals surface area contributed by atoms with Gasteiger partial charge in [0.25, 0.3) is 0 Å². The zero-order valence-corrected chi connectivity index (χ0v) is 34.9. The Balaban J connectivity index is 1.56. The Hall–Kier alpha value is -6.49. The van der Waals surface area contributed by atoms with Crippen LogP contribution in [-0.4, -0.2) is 99.9 Å². The number of amides is 6. The van der Waals surface area contributed by atoms with Gasteiger partial charge in [0.15, 0.2) is 0 Å². The smallest absolute Gasteiger partial charge is 0.408 e. The first kappa shape index (κ1) is 46.2. The third kappa shape index (κ3) is 14.7. The highest BCUT2D eigenvalue weighted by atomic mass is 32.1. The number of nitrogens with zero attached hydrogens (tertiary/aromatic N) is 1. The highest BCUT2D eigenvalue weighted by Gasteiger charge is 2.35. The van der Waals surface area contributed by atoms with Gasteiger partial charge in [-0.2, -0.15) is 0 Å². The maximum atomic E-state index is 14.2. The van der Waals surface area contributed by atoms with Gasteiger partial charge in [0, 0.05) is 54.5 Å². The van der Waals surface area contributed by atoms with E-state index in [4.69, 9.17) is 10.5 Å². The predicted octanol–water partition coefficient (Wildman–Crippen LogP) is 3.66. The number of nitrogens with one attached hydrogen (secondary N) is 5. The van der Waals surface area contributed by atoms with E-state index in [1.165, 1.54) is 24.5 Å². The second-order valence-corrected chi connectivity index (χ2v) is 16.2. The van der Waals surface area contributed by atoms with Crippen molar-refractivity contribution < 1.29 is 43.4 Å². The van der Waals surface area contributed by atoms with Crippen molar-refractivity contribution in [2.45, 2.75) is 89.1 Å². The lowest BCUT2D eigenvalue weighted by molar-refractivity contribution is -0.146. The van der Waals surface area contributed by atoms with Crippen molar-refractivity contribution in [2.24, 2.45) is 5.73 Å². The normalized spacial score (nSPS) is 13.4. The molecule has 0 fully saturated rings. The lowest BCUT2D eigenvalue weighted by Gasteiger charge is -2.30. The number of aromatic nitrogens is 1. The highest BCUT2D eigenvalue weighted by Crippen LogP contribution is 2.20. The number of aromatic amines is 1. The van der Waals surface area contributed by atoms with Gasteiger partial charge in [-0.15, -0.1) is 11.3 Å². The molecule has 0 aliphatic rings. The molecule has 0 bridgehead atoms. The number of aliphatic carboxylic acids is 1. The van der Waals surface area contributed by atoms with Crippen LogP contribution in [0.1, 0.15) is 62.5 Å². The predicted molar refractivity (Wildman–Crippen MR) is 227 cm³/mol. The molecule has 17 heteroatoms. The number of fused-ring (bicyclic) bond motifs is 1. The summed E-state index contributed by atoms with van der Waals surface area (Å²) in [6, 6.07) is 14.5. The van der Waals surface area contributed by atoms with Crippen molar-refractivity contribution in [1.82, 2.24) is 31.2 Å². The molecule has 4 aromatic rings. The van der Waals surface area contributed by atoms with Crippen molar-refractivity contribution in [3.8, 4) is 0 Å². The number of para-hydroxylation sites is 1. The number of thiophene rings is 1. The van der Waals surface area contributed by atoms with Gasteiger partial charge < -0.3 is 46.7 Å². The molecule has 6 amide bonds. The molecule has 60 heavy (non-hydrogen) atoms. The minimum atomic E-state index is -1.66. The van der Waals surface area contributed by atoms with Crippen LogP contribution in [0.25, 0.3) is 17.0 Å². The minimum Gasteiger partial charge on any atom is -0.481 e. The summed E-state index contributed by atoms with van der Waals surface area (Å²) in [5.74, 6) is -5.11. The molecule has 0 radical (unpaired) electrons. The fourth-order valence-electron chi connectivity index (χ4n) is 6.32. The van der Waals surface area contributed by atoms with Crippen LogP contribution in [0, 0.1) is 0 Å². The van der Waals surface area contributed by atoms with E-state index in [2.05, 4.69) is 26.3 Å². The summed E-state index contributed by atoms with van der Waals surface area (Å²) in [7, 11) is 1.29. The number of hydrogen-bond donors (Lipinski definition) is 7. The molecule has 320 valence electrons.